The van der Waals surface area contributed by atoms with Crippen LogP contribution in [0.15, 0.2) is 48.5 Å². The van der Waals surface area contributed by atoms with Crippen LogP contribution in [0.1, 0.15) is 39.7 Å². The SMILES string of the molecule is CC[C@H](Nc1nc(-c2ccc(C(C)(C)C)cc2)nc2ccccc12)C(=O)[O-]. The number of para-hydroxylation sites is 1. The van der Waals surface area contributed by atoms with Crippen molar-refractivity contribution >= 4 is 22.7 Å². The molecule has 0 spiro atoms. The maximum absolute atomic E-state index is 11.3. The van der Waals surface area contributed by atoms with E-state index in [1.54, 1.807) is 6.92 Å². The first-order valence-electron chi connectivity index (χ1n) is 9.14. The number of hydrogen-bond donors (Lipinski definition) is 1. The summed E-state index contributed by atoms with van der Waals surface area (Å²) in [4.78, 5) is 20.6. The van der Waals surface area contributed by atoms with E-state index in [0.717, 1.165) is 16.5 Å². The van der Waals surface area contributed by atoms with Crippen molar-refractivity contribution in [1.82, 2.24) is 9.97 Å². The van der Waals surface area contributed by atoms with E-state index in [2.05, 4.69) is 48.2 Å². The molecule has 0 radical (unpaired) electrons. The number of carbonyl (C=O) groups excluding carboxylic acids is 1. The molecule has 1 N–H and O–H groups in total. The van der Waals surface area contributed by atoms with Crippen molar-refractivity contribution in [2.24, 2.45) is 0 Å². The second-order valence-electron chi connectivity index (χ2n) is 7.66. The van der Waals surface area contributed by atoms with Crippen LogP contribution in [0.3, 0.4) is 0 Å². The first-order chi connectivity index (χ1) is 12.8. The Hall–Kier alpha value is -2.95. The van der Waals surface area contributed by atoms with Gasteiger partial charge in [0, 0.05) is 10.9 Å². The van der Waals surface area contributed by atoms with Gasteiger partial charge in [-0.3, -0.25) is 0 Å². The van der Waals surface area contributed by atoms with Crippen LogP contribution < -0.4 is 10.4 Å². The number of carboxylic acids is 1. The second kappa shape index (κ2) is 7.35. The van der Waals surface area contributed by atoms with Crippen molar-refractivity contribution in [2.75, 3.05) is 5.32 Å². The Morgan fingerprint density at radius 3 is 2.33 bits per heavy atom. The number of carbonyl (C=O) groups is 1. The molecule has 1 heterocycles. The Morgan fingerprint density at radius 1 is 1.07 bits per heavy atom. The quantitative estimate of drug-likeness (QED) is 0.751. The molecule has 140 valence electrons. The number of aromatic nitrogens is 2. The molecule has 27 heavy (non-hydrogen) atoms. The Bertz CT molecular complexity index is 959. The molecular formula is C22H24N3O2-. The van der Waals surface area contributed by atoms with E-state index in [1.165, 1.54) is 5.56 Å². The van der Waals surface area contributed by atoms with Gasteiger partial charge in [-0.15, -0.1) is 0 Å². The van der Waals surface area contributed by atoms with E-state index in [4.69, 9.17) is 0 Å². The van der Waals surface area contributed by atoms with Crippen LogP contribution in [-0.4, -0.2) is 22.0 Å². The Balaban J connectivity index is 2.07. The van der Waals surface area contributed by atoms with Crippen LogP contribution in [0.2, 0.25) is 0 Å². The van der Waals surface area contributed by atoms with Gasteiger partial charge in [-0.2, -0.15) is 0 Å². The topological polar surface area (TPSA) is 77.9 Å². The molecule has 1 atom stereocenters. The molecule has 5 nitrogen and oxygen atoms in total. The van der Waals surface area contributed by atoms with Crippen molar-refractivity contribution < 1.29 is 9.90 Å². The average Bonchev–Trinajstić information content (AvgIpc) is 2.65. The van der Waals surface area contributed by atoms with Crippen LogP contribution in [0, 0.1) is 0 Å². The van der Waals surface area contributed by atoms with E-state index in [1.807, 2.05) is 36.4 Å². The fourth-order valence-corrected chi connectivity index (χ4v) is 2.93. The largest absolute Gasteiger partial charge is 0.548 e. The number of rotatable bonds is 5. The number of anilines is 1. The Labute approximate surface area is 159 Å². The van der Waals surface area contributed by atoms with Crippen LogP contribution in [-0.2, 0) is 10.2 Å². The highest BCUT2D eigenvalue weighted by molar-refractivity contribution is 5.92. The summed E-state index contributed by atoms with van der Waals surface area (Å²) in [6.07, 6.45) is 0.399. The number of fused-ring (bicyclic) bond motifs is 1. The average molecular weight is 362 g/mol. The van der Waals surface area contributed by atoms with Gasteiger partial charge in [-0.1, -0.05) is 64.1 Å². The number of nitrogens with one attached hydrogen (secondary N) is 1. The van der Waals surface area contributed by atoms with Crippen LogP contribution in [0.4, 0.5) is 5.82 Å². The fraction of sp³-hybridized carbons (Fsp3) is 0.318. The summed E-state index contributed by atoms with van der Waals surface area (Å²) in [5, 5.41) is 15.1. The van der Waals surface area contributed by atoms with Gasteiger partial charge in [0.05, 0.1) is 17.5 Å². The van der Waals surface area contributed by atoms with Crippen molar-refractivity contribution in [3.8, 4) is 11.4 Å². The molecule has 5 heteroatoms. The summed E-state index contributed by atoms with van der Waals surface area (Å²) in [5.74, 6) is -0.0762. The van der Waals surface area contributed by atoms with Gasteiger partial charge in [-0.25, -0.2) is 9.97 Å². The van der Waals surface area contributed by atoms with Gasteiger partial charge in [0.25, 0.3) is 0 Å². The van der Waals surface area contributed by atoms with Crippen molar-refractivity contribution in [3.05, 3.63) is 54.1 Å². The standard InChI is InChI=1S/C22H25N3O2/c1-5-17(21(26)27)23-20-16-8-6-7-9-18(16)24-19(25-20)14-10-12-15(13-11-14)22(2,3)4/h6-13,17H,5H2,1-4H3,(H,26,27)(H,23,24,25)/p-1/t17-/m0/s1. The number of nitrogens with zero attached hydrogens (tertiary/aromatic N) is 2. The van der Waals surface area contributed by atoms with Gasteiger partial charge >= 0.3 is 0 Å². The zero-order valence-corrected chi connectivity index (χ0v) is 16.1. The normalized spacial score (nSPS) is 12.7. The van der Waals surface area contributed by atoms with E-state index < -0.39 is 12.0 Å². The summed E-state index contributed by atoms with van der Waals surface area (Å²) in [5.41, 5.74) is 2.95. The maximum atomic E-state index is 11.3. The molecule has 0 saturated carbocycles. The summed E-state index contributed by atoms with van der Waals surface area (Å²) in [6, 6.07) is 14.9. The minimum atomic E-state index is -1.14. The molecular weight excluding hydrogens is 338 g/mol. The summed E-state index contributed by atoms with van der Waals surface area (Å²) in [7, 11) is 0. The third kappa shape index (κ3) is 4.08. The third-order valence-electron chi connectivity index (χ3n) is 4.62. The highest BCUT2D eigenvalue weighted by Crippen LogP contribution is 2.28. The highest BCUT2D eigenvalue weighted by Gasteiger charge is 2.16. The van der Waals surface area contributed by atoms with Gasteiger partial charge in [0.2, 0.25) is 0 Å². The molecule has 0 amide bonds. The molecule has 3 rings (SSSR count). The minimum absolute atomic E-state index is 0.0678. The molecule has 3 aromatic rings. The monoisotopic (exact) mass is 362 g/mol. The summed E-state index contributed by atoms with van der Waals surface area (Å²) >= 11 is 0. The number of aliphatic carboxylic acids is 1. The third-order valence-corrected chi connectivity index (χ3v) is 4.62. The molecule has 0 aliphatic heterocycles. The van der Waals surface area contributed by atoms with Crippen LogP contribution >= 0.6 is 0 Å². The van der Waals surface area contributed by atoms with E-state index in [0.29, 0.717) is 18.1 Å². The Kier molecular flexibility index (Phi) is 5.13. The summed E-state index contributed by atoms with van der Waals surface area (Å²) in [6.45, 7) is 8.30. The Morgan fingerprint density at radius 2 is 1.74 bits per heavy atom. The predicted octanol–water partition coefficient (Wildman–Crippen LogP) is 3.53. The highest BCUT2D eigenvalue weighted by atomic mass is 16.4. The van der Waals surface area contributed by atoms with Gasteiger partial charge in [0.15, 0.2) is 5.82 Å². The first-order valence-corrected chi connectivity index (χ1v) is 9.14. The zero-order chi connectivity index (χ0) is 19.6. The lowest BCUT2D eigenvalue weighted by Gasteiger charge is -2.20. The lowest BCUT2D eigenvalue weighted by molar-refractivity contribution is -0.306. The van der Waals surface area contributed by atoms with Gasteiger partial charge in [-0.05, 0) is 29.5 Å². The van der Waals surface area contributed by atoms with Crippen molar-refractivity contribution in [2.45, 2.75) is 45.6 Å². The molecule has 0 unspecified atom stereocenters. The van der Waals surface area contributed by atoms with E-state index >= 15 is 0 Å². The molecule has 1 aromatic heterocycles. The van der Waals surface area contributed by atoms with Gasteiger partial charge in [0.1, 0.15) is 5.82 Å². The number of hydrogen-bond acceptors (Lipinski definition) is 5. The smallest absolute Gasteiger partial charge is 0.162 e. The molecule has 0 saturated heterocycles. The molecule has 0 aliphatic rings. The van der Waals surface area contributed by atoms with Gasteiger partial charge < -0.3 is 15.2 Å². The second-order valence-corrected chi connectivity index (χ2v) is 7.66. The molecule has 0 fully saturated rings. The first kappa shape index (κ1) is 18.8. The fourth-order valence-electron chi connectivity index (χ4n) is 2.93. The lowest BCUT2D eigenvalue weighted by Crippen LogP contribution is -2.40. The van der Waals surface area contributed by atoms with Crippen LogP contribution in [0.5, 0.6) is 0 Å². The summed E-state index contributed by atoms with van der Waals surface area (Å²) < 4.78 is 0. The molecule has 0 aliphatic carbocycles. The number of carboxylic acid groups (broad SMARTS) is 1. The van der Waals surface area contributed by atoms with Crippen molar-refractivity contribution in [1.29, 1.82) is 0 Å². The van der Waals surface area contributed by atoms with Crippen LogP contribution in [0.25, 0.3) is 22.3 Å². The van der Waals surface area contributed by atoms with Crippen molar-refractivity contribution in [3.63, 3.8) is 0 Å². The maximum Gasteiger partial charge on any atom is 0.162 e. The van der Waals surface area contributed by atoms with E-state index in [9.17, 15) is 9.90 Å². The minimum Gasteiger partial charge on any atom is -0.548 e. The molecule has 0 bridgehead atoms. The lowest BCUT2D eigenvalue weighted by atomic mass is 9.87. The zero-order valence-electron chi connectivity index (χ0n) is 16.1. The molecule has 2 aromatic carbocycles. The number of benzene rings is 2. The van der Waals surface area contributed by atoms with E-state index in [-0.39, 0.29) is 5.41 Å². The predicted molar refractivity (Wildman–Crippen MR) is 106 cm³/mol.